The fraction of sp³-hybridized carbons (Fsp3) is 1.00. The molecule has 14 heavy (non-hydrogen) atoms. The number of ether oxygens (including phenoxy) is 1. The number of hydrogen-bond acceptors (Lipinski definition) is 2. The van der Waals surface area contributed by atoms with Crippen LogP contribution in [0.25, 0.3) is 0 Å². The average molecular weight is 201 g/mol. The molecular weight excluding hydrogens is 174 g/mol. The van der Waals surface area contributed by atoms with Crippen LogP contribution >= 0.6 is 0 Å². The van der Waals surface area contributed by atoms with Gasteiger partial charge in [-0.25, -0.2) is 0 Å². The number of hydrogen-bond donors (Lipinski definition) is 1. The average Bonchev–Trinajstić information content (AvgIpc) is 2.12. The summed E-state index contributed by atoms with van der Waals surface area (Å²) in [6.45, 7) is 11.0. The van der Waals surface area contributed by atoms with Crippen molar-refractivity contribution in [2.75, 3.05) is 20.3 Å². The minimum atomic E-state index is 0.622. The summed E-state index contributed by atoms with van der Waals surface area (Å²) in [5.74, 6) is 1.52. The zero-order valence-electron chi connectivity index (χ0n) is 10.5. The number of rotatable bonds is 8. The van der Waals surface area contributed by atoms with Gasteiger partial charge in [0.05, 0.1) is 0 Å². The second-order valence-electron chi connectivity index (χ2n) is 4.39. The molecule has 0 spiro atoms. The third-order valence-electron chi connectivity index (χ3n) is 2.91. The van der Waals surface area contributed by atoms with E-state index >= 15 is 0 Å². The molecule has 0 aromatic carbocycles. The maximum absolute atomic E-state index is 5.09. The van der Waals surface area contributed by atoms with Gasteiger partial charge in [-0.05, 0) is 38.1 Å². The van der Waals surface area contributed by atoms with Gasteiger partial charge in [0, 0.05) is 19.8 Å². The molecule has 0 rings (SSSR count). The first-order valence-electron chi connectivity index (χ1n) is 5.85. The Morgan fingerprint density at radius 3 is 2.29 bits per heavy atom. The second-order valence-corrected chi connectivity index (χ2v) is 4.39. The molecule has 2 nitrogen and oxygen atoms in total. The standard InChI is InChI=1S/C12H27NO/c1-6-13-11(4)12(10(2)3)8-7-9-14-5/h10-13H,6-9H2,1-5H3. The Bertz CT molecular complexity index is 125. The normalized spacial score (nSPS) is 15.9. The van der Waals surface area contributed by atoms with Crippen molar-refractivity contribution in [3.8, 4) is 0 Å². The van der Waals surface area contributed by atoms with E-state index in [1.165, 1.54) is 12.8 Å². The third kappa shape index (κ3) is 5.61. The van der Waals surface area contributed by atoms with Gasteiger partial charge in [-0.2, -0.15) is 0 Å². The largest absolute Gasteiger partial charge is 0.385 e. The summed E-state index contributed by atoms with van der Waals surface area (Å²) in [7, 11) is 1.78. The third-order valence-corrected chi connectivity index (χ3v) is 2.91. The zero-order chi connectivity index (χ0) is 11.0. The van der Waals surface area contributed by atoms with Crippen LogP contribution in [0.2, 0.25) is 0 Å². The molecule has 0 saturated carbocycles. The molecule has 0 aromatic rings. The highest BCUT2D eigenvalue weighted by Crippen LogP contribution is 2.21. The Labute approximate surface area is 89.4 Å². The first kappa shape index (κ1) is 13.9. The van der Waals surface area contributed by atoms with Crippen molar-refractivity contribution < 1.29 is 4.74 Å². The van der Waals surface area contributed by atoms with Gasteiger partial charge in [-0.15, -0.1) is 0 Å². The van der Waals surface area contributed by atoms with Crippen LogP contribution in [-0.4, -0.2) is 26.3 Å². The Balaban J connectivity index is 3.88. The van der Waals surface area contributed by atoms with Gasteiger partial charge in [0.2, 0.25) is 0 Å². The van der Waals surface area contributed by atoms with Crippen molar-refractivity contribution in [3.05, 3.63) is 0 Å². The van der Waals surface area contributed by atoms with Crippen LogP contribution in [0.5, 0.6) is 0 Å². The van der Waals surface area contributed by atoms with Crippen LogP contribution in [0.15, 0.2) is 0 Å². The maximum Gasteiger partial charge on any atom is 0.0462 e. The lowest BCUT2D eigenvalue weighted by atomic mass is 9.85. The fourth-order valence-electron chi connectivity index (χ4n) is 2.10. The highest BCUT2D eigenvalue weighted by molar-refractivity contribution is 4.74. The van der Waals surface area contributed by atoms with E-state index in [1.54, 1.807) is 7.11 Å². The monoisotopic (exact) mass is 201 g/mol. The van der Waals surface area contributed by atoms with Crippen LogP contribution in [0.3, 0.4) is 0 Å². The summed E-state index contributed by atoms with van der Waals surface area (Å²) in [6, 6.07) is 0.622. The molecule has 86 valence electrons. The molecule has 0 aliphatic heterocycles. The predicted octanol–water partition coefficient (Wildman–Crippen LogP) is 2.68. The molecular formula is C12H27NO. The molecule has 0 aliphatic rings. The predicted molar refractivity (Wildman–Crippen MR) is 62.6 cm³/mol. The van der Waals surface area contributed by atoms with Crippen molar-refractivity contribution in [1.82, 2.24) is 5.32 Å². The summed E-state index contributed by atoms with van der Waals surface area (Å²) >= 11 is 0. The molecule has 0 fully saturated rings. The summed E-state index contributed by atoms with van der Waals surface area (Å²) in [5.41, 5.74) is 0. The fourth-order valence-corrected chi connectivity index (χ4v) is 2.10. The van der Waals surface area contributed by atoms with Gasteiger partial charge in [0.15, 0.2) is 0 Å². The van der Waals surface area contributed by atoms with Crippen LogP contribution in [-0.2, 0) is 4.74 Å². The van der Waals surface area contributed by atoms with E-state index in [0.29, 0.717) is 6.04 Å². The number of methoxy groups -OCH3 is 1. The van der Waals surface area contributed by atoms with Gasteiger partial charge < -0.3 is 10.1 Å². The van der Waals surface area contributed by atoms with Gasteiger partial charge in [-0.1, -0.05) is 20.8 Å². The summed E-state index contributed by atoms with van der Waals surface area (Å²) in [6.07, 6.45) is 2.44. The van der Waals surface area contributed by atoms with E-state index < -0.39 is 0 Å². The topological polar surface area (TPSA) is 21.3 Å². The van der Waals surface area contributed by atoms with E-state index in [4.69, 9.17) is 4.74 Å². The summed E-state index contributed by atoms with van der Waals surface area (Å²) in [4.78, 5) is 0. The highest BCUT2D eigenvalue weighted by atomic mass is 16.5. The zero-order valence-corrected chi connectivity index (χ0v) is 10.5. The first-order valence-corrected chi connectivity index (χ1v) is 5.85. The minimum absolute atomic E-state index is 0.622. The molecule has 0 aromatic heterocycles. The van der Waals surface area contributed by atoms with Crippen molar-refractivity contribution in [3.63, 3.8) is 0 Å². The molecule has 0 amide bonds. The van der Waals surface area contributed by atoms with Crippen molar-refractivity contribution in [1.29, 1.82) is 0 Å². The van der Waals surface area contributed by atoms with Crippen LogP contribution in [0.4, 0.5) is 0 Å². The quantitative estimate of drug-likeness (QED) is 0.610. The Hall–Kier alpha value is -0.0800. The van der Waals surface area contributed by atoms with Crippen molar-refractivity contribution >= 4 is 0 Å². The lowest BCUT2D eigenvalue weighted by molar-refractivity contribution is 0.174. The molecule has 0 heterocycles. The van der Waals surface area contributed by atoms with Gasteiger partial charge in [0.1, 0.15) is 0 Å². The molecule has 0 radical (unpaired) electrons. The second kappa shape index (κ2) is 8.25. The smallest absolute Gasteiger partial charge is 0.0462 e. The van der Waals surface area contributed by atoms with Crippen LogP contribution in [0, 0.1) is 11.8 Å². The molecule has 2 atom stereocenters. The Kier molecular flexibility index (Phi) is 8.20. The van der Waals surface area contributed by atoms with E-state index in [-0.39, 0.29) is 0 Å². The molecule has 0 bridgehead atoms. The van der Waals surface area contributed by atoms with Gasteiger partial charge >= 0.3 is 0 Å². The van der Waals surface area contributed by atoms with E-state index in [9.17, 15) is 0 Å². The summed E-state index contributed by atoms with van der Waals surface area (Å²) < 4.78 is 5.09. The molecule has 0 aliphatic carbocycles. The van der Waals surface area contributed by atoms with E-state index in [0.717, 1.165) is 25.0 Å². The summed E-state index contributed by atoms with van der Waals surface area (Å²) in [5, 5.41) is 3.51. The Morgan fingerprint density at radius 1 is 1.21 bits per heavy atom. The molecule has 1 N–H and O–H groups in total. The van der Waals surface area contributed by atoms with Crippen molar-refractivity contribution in [2.45, 2.75) is 46.6 Å². The van der Waals surface area contributed by atoms with Gasteiger partial charge in [-0.3, -0.25) is 0 Å². The molecule has 0 saturated heterocycles. The highest BCUT2D eigenvalue weighted by Gasteiger charge is 2.19. The van der Waals surface area contributed by atoms with E-state index in [2.05, 4.69) is 33.0 Å². The maximum atomic E-state index is 5.09. The minimum Gasteiger partial charge on any atom is -0.385 e. The number of nitrogens with one attached hydrogen (secondary N) is 1. The molecule has 2 unspecified atom stereocenters. The van der Waals surface area contributed by atoms with Crippen molar-refractivity contribution in [2.24, 2.45) is 11.8 Å². The van der Waals surface area contributed by atoms with Crippen LogP contribution < -0.4 is 5.32 Å². The first-order chi connectivity index (χ1) is 6.63. The Morgan fingerprint density at radius 2 is 1.86 bits per heavy atom. The molecule has 2 heteroatoms. The lowest BCUT2D eigenvalue weighted by Crippen LogP contribution is -2.36. The van der Waals surface area contributed by atoms with Gasteiger partial charge in [0.25, 0.3) is 0 Å². The SMILES string of the molecule is CCNC(C)C(CCCOC)C(C)C. The van der Waals surface area contributed by atoms with E-state index in [1.807, 2.05) is 0 Å². The lowest BCUT2D eigenvalue weighted by Gasteiger charge is -2.28. The van der Waals surface area contributed by atoms with Crippen LogP contribution in [0.1, 0.15) is 40.5 Å².